The number of fused-ring (bicyclic) bond motifs is 1. The van der Waals surface area contributed by atoms with E-state index in [0.717, 1.165) is 33.6 Å². The average molecular weight is 429 g/mol. The number of thiazole rings is 1. The number of carbonyl (C=O) groups excluding carboxylic acids is 1. The van der Waals surface area contributed by atoms with Crippen LogP contribution in [0.4, 0.5) is 0 Å². The van der Waals surface area contributed by atoms with Gasteiger partial charge in [-0.1, -0.05) is 48.5 Å². The molecule has 6 nitrogen and oxygen atoms in total. The van der Waals surface area contributed by atoms with Crippen LogP contribution in [-0.2, 0) is 22.7 Å². The van der Waals surface area contributed by atoms with Crippen molar-refractivity contribution in [3.05, 3.63) is 94.1 Å². The number of nitrogens with one attached hydrogen (secondary N) is 1. The van der Waals surface area contributed by atoms with E-state index >= 15 is 0 Å². The Morgan fingerprint density at radius 3 is 2.77 bits per heavy atom. The molecule has 5 rings (SSSR count). The number of carbonyl (C=O) groups is 1. The van der Waals surface area contributed by atoms with Gasteiger partial charge in [0, 0.05) is 40.8 Å². The Morgan fingerprint density at radius 2 is 1.94 bits per heavy atom. The predicted octanol–water partition coefficient (Wildman–Crippen LogP) is 4.23. The van der Waals surface area contributed by atoms with E-state index in [1.54, 1.807) is 6.20 Å². The number of rotatable bonds is 7. The zero-order valence-electron chi connectivity index (χ0n) is 16.7. The highest BCUT2D eigenvalue weighted by molar-refractivity contribution is 7.12. The van der Waals surface area contributed by atoms with Crippen molar-refractivity contribution >= 4 is 39.9 Å². The zero-order chi connectivity index (χ0) is 21.0. The van der Waals surface area contributed by atoms with Crippen molar-refractivity contribution in [1.29, 1.82) is 0 Å². The van der Waals surface area contributed by atoms with Crippen LogP contribution in [0.15, 0.2) is 83.0 Å². The van der Waals surface area contributed by atoms with Gasteiger partial charge in [-0.3, -0.25) is 4.79 Å². The van der Waals surface area contributed by atoms with E-state index in [9.17, 15) is 4.79 Å². The minimum Gasteiger partial charge on any atom is -0.375 e. The van der Waals surface area contributed by atoms with Gasteiger partial charge in [-0.15, -0.1) is 11.3 Å². The Labute approximate surface area is 183 Å². The molecule has 4 aromatic rings. The monoisotopic (exact) mass is 428 g/mol. The van der Waals surface area contributed by atoms with Gasteiger partial charge < -0.3 is 9.30 Å². The molecule has 0 saturated heterocycles. The first-order valence-electron chi connectivity index (χ1n) is 9.99. The van der Waals surface area contributed by atoms with Crippen LogP contribution in [0.25, 0.3) is 17.0 Å². The molecule has 154 valence electrons. The molecule has 0 aliphatic carbocycles. The predicted molar refractivity (Wildman–Crippen MR) is 123 cm³/mol. The van der Waals surface area contributed by atoms with E-state index in [0.29, 0.717) is 24.5 Å². The van der Waals surface area contributed by atoms with Crippen LogP contribution in [0.3, 0.4) is 0 Å². The highest BCUT2D eigenvalue weighted by Gasteiger charge is 2.26. The summed E-state index contributed by atoms with van der Waals surface area (Å²) < 4.78 is 8.04. The quantitative estimate of drug-likeness (QED) is 0.354. The molecule has 1 aliphatic rings. The van der Waals surface area contributed by atoms with E-state index < -0.39 is 0 Å². The van der Waals surface area contributed by atoms with E-state index in [4.69, 9.17) is 4.74 Å². The summed E-state index contributed by atoms with van der Waals surface area (Å²) in [5.41, 5.74) is 6.90. The standard InChI is InChI=1S/C24H20N4O2S/c29-23-20(22(26-27-23)24-25-10-13-31-24)14-18-15-28(21-9-5-4-8-19(18)21)11-12-30-16-17-6-2-1-3-7-17/h1-10,13-15H,11-12,16H2,(H,27,29)/b20-14-. The first-order chi connectivity index (χ1) is 15.3. The highest BCUT2D eigenvalue weighted by atomic mass is 32.1. The van der Waals surface area contributed by atoms with Gasteiger partial charge in [0.25, 0.3) is 5.91 Å². The summed E-state index contributed by atoms with van der Waals surface area (Å²) in [6.07, 6.45) is 5.67. The Balaban J connectivity index is 1.39. The molecule has 0 bridgehead atoms. The molecule has 2 aromatic heterocycles. The van der Waals surface area contributed by atoms with Gasteiger partial charge in [-0.25, -0.2) is 10.4 Å². The maximum atomic E-state index is 12.4. The van der Waals surface area contributed by atoms with Crippen molar-refractivity contribution in [2.45, 2.75) is 13.2 Å². The Kier molecular flexibility index (Phi) is 5.43. The maximum Gasteiger partial charge on any atom is 0.273 e. The fourth-order valence-electron chi connectivity index (χ4n) is 3.63. The van der Waals surface area contributed by atoms with E-state index in [1.165, 1.54) is 11.3 Å². The topological polar surface area (TPSA) is 68.5 Å². The first-order valence-corrected chi connectivity index (χ1v) is 10.9. The van der Waals surface area contributed by atoms with Crippen LogP contribution in [0.1, 0.15) is 16.1 Å². The van der Waals surface area contributed by atoms with Crippen LogP contribution in [0.5, 0.6) is 0 Å². The number of amides is 1. The molecule has 0 atom stereocenters. The van der Waals surface area contributed by atoms with Gasteiger partial charge in [-0.2, -0.15) is 5.10 Å². The van der Waals surface area contributed by atoms with Crippen molar-refractivity contribution in [3.63, 3.8) is 0 Å². The van der Waals surface area contributed by atoms with Crippen LogP contribution < -0.4 is 5.43 Å². The molecule has 1 N–H and O–H groups in total. The number of para-hydroxylation sites is 1. The number of hydrazone groups is 1. The fraction of sp³-hybridized carbons (Fsp3) is 0.125. The number of aromatic nitrogens is 2. The number of hydrogen-bond donors (Lipinski definition) is 1. The average Bonchev–Trinajstić information content (AvgIpc) is 3.53. The lowest BCUT2D eigenvalue weighted by Gasteiger charge is -2.07. The van der Waals surface area contributed by atoms with Gasteiger partial charge in [-0.05, 0) is 17.7 Å². The Morgan fingerprint density at radius 1 is 1.10 bits per heavy atom. The number of benzene rings is 2. The fourth-order valence-corrected chi connectivity index (χ4v) is 4.27. The van der Waals surface area contributed by atoms with Gasteiger partial charge >= 0.3 is 0 Å². The molecule has 31 heavy (non-hydrogen) atoms. The molecule has 3 heterocycles. The lowest BCUT2D eigenvalue weighted by Crippen LogP contribution is -2.13. The van der Waals surface area contributed by atoms with Gasteiger partial charge in [0.15, 0.2) is 0 Å². The van der Waals surface area contributed by atoms with Gasteiger partial charge in [0.1, 0.15) is 10.7 Å². The Bertz CT molecular complexity index is 1270. The summed E-state index contributed by atoms with van der Waals surface area (Å²) in [4.78, 5) is 16.7. The second kappa shape index (κ2) is 8.67. The number of hydrogen-bond acceptors (Lipinski definition) is 5. The molecule has 0 fully saturated rings. The van der Waals surface area contributed by atoms with Gasteiger partial charge in [0.2, 0.25) is 0 Å². The minimum absolute atomic E-state index is 0.215. The molecule has 0 unspecified atom stereocenters. The summed E-state index contributed by atoms with van der Waals surface area (Å²) in [5, 5.41) is 7.86. The molecule has 7 heteroatoms. The van der Waals surface area contributed by atoms with Crippen LogP contribution in [0.2, 0.25) is 0 Å². The third kappa shape index (κ3) is 4.05. The third-order valence-electron chi connectivity index (χ3n) is 5.11. The second-order valence-corrected chi connectivity index (χ2v) is 8.02. The van der Waals surface area contributed by atoms with Crippen molar-refractivity contribution < 1.29 is 9.53 Å². The molecular weight excluding hydrogens is 408 g/mol. The van der Waals surface area contributed by atoms with Crippen molar-refractivity contribution in [2.75, 3.05) is 6.61 Å². The molecule has 1 aliphatic heterocycles. The van der Waals surface area contributed by atoms with E-state index in [-0.39, 0.29) is 5.91 Å². The van der Waals surface area contributed by atoms with E-state index in [2.05, 4.69) is 50.5 Å². The smallest absolute Gasteiger partial charge is 0.273 e. The highest BCUT2D eigenvalue weighted by Crippen LogP contribution is 2.26. The number of nitrogens with zero attached hydrogens (tertiary/aromatic N) is 3. The third-order valence-corrected chi connectivity index (χ3v) is 5.89. The summed E-state index contributed by atoms with van der Waals surface area (Å²) in [6.45, 7) is 1.90. The molecule has 2 aromatic carbocycles. The molecular formula is C24H20N4O2S. The van der Waals surface area contributed by atoms with Gasteiger partial charge in [0.05, 0.1) is 18.8 Å². The van der Waals surface area contributed by atoms with Crippen LogP contribution in [-0.4, -0.2) is 27.8 Å². The van der Waals surface area contributed by atoms with Crippen molar-refractivity contribution in [3.8, 4) is 0 Å². The summed E-state index contributed by atoms with van der Waals surface area (Å²) in [7, 11) is 0. The molecule has 1 amide bonds. The van der Waals surface area contributed by atoms with Crippen LogP contribution in [0, 0.1) is 0 Å². The minimum atomic E-state index is -0.215. The lowest BCUT2D eigenvalue weighted by molar-refractivity contribution is -0.116. The molecule has 0 spiro atoms. The summed E-state index contributed by atoms with van der Waals surface area (Å²) in [6, 6.07) is 18.3. The van der Waals surface area contributed by atoms with E-state index in [1.807, 2.05) is 41.8 Å². The molecule has 0 saturated carbocycles. The molecule has 0 radical (unpaired) electrons. The normalized spacial score (nSPS) is 14.9. The van der Waals surface area contributed by atoms with Crippen LogP contribution >= 0.6 is 11.3 Å². The summed E-state index contributed by atoms with van der Waals surface area (Å²) in [5.74, 6) is -0.215. The maximum absolute atomic E-state index is 12.4. The summed E-state index contributed by atoms with van der Waals surface area (Å²) >= 11 is 1.46. The first kappa shape index (κ1) is 19.4. The van der Waals surface area contributed by atoms with Crippen molar-refractivity contribution in [2.24, 2.45) is 5.10 Å². The van der Waals surface area contributed by atoms with Crippen molar-refractivity contribution in [1.82, 2.24) is 15.0 Å². The zero-order valence-corrected chi connectivity index (χ0v) is 17.5. The number of ether oxygens (including phenoxy) is 1. The SMILES string of the molecule is O=C1NN=C(c2nccs2)/C1=C/c1cn(CCOCc2ccccc2)c2ccccc12. The Hall–Kier alpha value is -3.55. The second-order valence-electron chi connectivity index (χ2n) is 7.13. The largest absolute Gasteiger partial charge is 0.375 e. The lowest BCUT2D eigenvalue weighted by atomic mass is 10.1.